The Kier molecular flexibility index (Phi) is 6.98. The lowest BCUT2D eigenvalue weighted by molar-refractivity contribution is -0.142. The fourth-order valence-corrected chi connectivity index (χ4v) is 2.88. The van der Waals surface area contributed by atoms with Crippen LogP contribution < -0.4 is 5.32 Å². The number of hydrogen-bond acceptors (Lipinski definition) is 4. The number of rotatable bonds is 6. The Morgan fingerprint density at radius 3 is 2.36 bits per heavy atom. The number of amides is 2. The third-order valence-corrected chi connectivity index (χ3v) is 4.47. The molecular weight excluding hydrogens is 320 g/mol. The normalized spacial score (nSPS) is 14.9. The number of aryl methyl sites for hydroxylation is 1. The summed E-state index contributed by atoms with van der Waals surface area (Å²) in [6, 6.07) is 8.06. The maximum Gasteiger partial charge on any atom is 0.306 e. The highest BCUT2D eigenvalue weighted by molar-refractivity contribution is 5.81. The van der Waals surface area contributed by atoms with Gasteiger partial charge in [0.15, 0.2) is 0 Å². The average molecular weight is 346 g/mol. The van der Waals surface area contributed by atoms with Crippen LogP contribution in [-0.4, -0.2) is 48.9 Å². The second-order valence-corrected chi connectivity index (χ2v) is 6.46. The zero-order valence-corrected chi connectivity index (χ0v) is 14.9. The molecule has 1 aliphatic rings. The van der Waals surface area contributed by atoms with Gasteiger partial charge >= 0.3 is 5.97 Å². The monoisotopic (exact) mass is 346 g/mol. The molecule has 6 heteroatoms. The number of piperidine rings is 1. The zero-order chi connectivity index (χ0) is 18.2. The van der Waals surface area contributed by atoms with Gasteiger partial charge in [-0.3, -0.25) is 14.4 Å². The Hall–Kier alpha value is -2.37. The van der Waals surface area contributed by atoms with Crippen molar-refractivity contribution in [3.63, 3.8) is 0 Å². The summed E-state index contributed by atoms with van der Waals surface area (Å²) < 4.78 is 4.52. The maximum atomic E-state index is 12.4. The summed E-state index contributed by atoms with van der Waals surface area (Å²) in [5.41, 5.74) is 2.20. The lowest BCUT2D eigenvalue weighted by Gasteiger charge is -2.32. The molecule has 0 atom stereocenters. The van der Waals surface area contributed by atoms with Crippen LogP contribution in [-0.2, 0) is 25.5 Å². The van der Waals surface area contributed by atoms with Crippen LogP contribution in [0.5, 0.6) is 0 Å². The zero-order valence-electron chi connectivity index (χ0n) is 14.9. The van der Waals surface area contributed by atoms with Crippen molar-refractivity contribution < 1.29 is 19.1 Å². The second kappa shape index (κ2) is 9.20. The van der Waals surface area contributed by atoms with Crippen LogP contribution in [0.2, 0.25) is 0 Å². The standard InChI is InChI=1S/C19H26N2O4/c1-14-3-5-15(6-4-14)13-18(23)21-11-9-16(10-12-21)20-17(22)7-8-19(24)25-2/h3-6,16H,7-13H2,1-2H3,(H,20,22). The summed E-state index contributed by atoms with van der Waals surface area (Å²) in [5.74, 6) is -0.402. The summed E-state index contributed by atoms with van der Waals surface area (Å²) in [6.45, 7) is 3.31. The lowest BCUT2D eigenvalue weighted by atomic mass is 10.0. The quantitative estimate of drug-likeness (QED) is 0.794. The summed E-state index contributed by atoms with van der Waals surface area (Å²) >= 11 is 0. The van der Waals surface area contributed by atoms with Crippen LogP contribution in [0, 0.1) is 6.92 Å². The van der Waals surface area contributed by atoms with E-state index in [1.807, 2.05) is 36.1 Å². The van der Waals surface area contributed by atoms with Crippen molar-refractivity contribution >= 4 is 17.8 Å². The number of ether oxygens (including phenoxy) is 1. The van der Waals surface area contributed by atoms with E-state index in [9.17, 15) is 14.4 Å². The molecule has 1 aromatic carbocycles. The molecule has 1 N–H and O–H groups in total. The van der Waals surface area contributed by atoms with E-state index in [4.69, 9.17) is 0 Å². The minimum atomic E-state index is -0.383. The summed E-state index contributed by atoms with van der Waals surface area (Å²) in [7, 11) is 1.31. The van der Waals surface area contributed by atoms with Gasteiger partial charge in [-0.25, -0.2) is 0 Å². The molecule has 2 amide bonds. The molecule has 1 saturated heterocycles. The first-order chi connectivity index (χ1) is 12.0. The van der Waals surface area contributed by atoms with E-state index in [1.54, 1.807) is 0 Å². The van der Waals surface area contributed by atoms with Crippen molar-refractivity contribution in [3.8, 4) is 0 Å². The van der Waals surface area contributed by atoms with Crippen molar-refractivity contribution in [2.45, 2.75) is 45.1 Å². The minimum absolute atomic E-state index is 0.0635. The molecule has 1 aromatic rings. The smallest absolute Gasteiger partial charge is 0.306 e. The average Bonchev–Trinajstić information content (AvgIpc) is 2.62. The Morgan fingerprint density at radius 1 is 1.12 bits per heavy atom. The Balaban J connectivity index is 1.71. The molecule has 1 heterocycles. The third kappa shape index (κ3) is 6.21. The second-order valence-electron chi connectivity index (χ2n) is 6.46. The van der Waals surface area contributed by atoms with Gasteiger partial charge in [-0.2, -0.15) is 0 Å². The first-order valence-corrected chi connectivity index (χ1v) is 8.67. The minimum Gasteiger partial charge on any atom is -0.469 e. The maximum absolute atomic E-state index is 12.4. The van der Waals surface area contributed by atoms with E-state index in [2.05, 4.69) is 10.1 Å². The number of nitrogens with one attached hydrogen (secondary N) is 1. The van der Waals surface area contributed by atoms with Crippen LogP contribution in [0.25, 0.3) is 0 Å². The van der Waals surface area contributed by atoms with E-state index in [1.165, 1.54) is 12.7 Å². The van der Waals surface area contributed by atoms with Crippen molar-refractivity contribution in [2.24, 2.45) is 0 Å². The SMILES string of the molecule is COC(=O)CCC(=O)NC1CCN(C(=O)Cc2ccc(C)cc2)CC1. The molecule has 0 saturated carbocycles. The van der Waals surface area contributed by atoms with Gasteiger partial charge in [0.25, 0.3) is 0 Å². The number of likely N-dealkylation sites (tertiary alicyclic amines) is 1. The van der Waals surface area contributed by atoms with E-state index >= 15 is 0 Å². The van der Waals surface area contributed by atoms with Crippen molar-refractivity contribution in [3.05, 3.63) is 35.4 Å². The predicted octanol–water partition coefficient (Wildman–Crippen LogP) is 1.60. The molecule has 0 aromatic heterocycles. The molecule has 136 valence electrons. The highest BCUT2D eigenvalue weighted by Gasteiger charge is 2.24. The Bertz CT molecular complexity index is 604. The summed E-state index contributed by atoms with van der Waals surface area (Å²) in [6.07, 6.45) is 2.12. The first-order valence-electron chi connectivity index (χ1n) is 8.67. The van der Waals surface area contributed by atoms with E-state index < -0.39 is 0 Å². The van der Waals surface area contributed by atoms with Gasteiger partial charge in [-0.05, 0) is 25.3 Å². The van der Waals surface area contributed by atoms with E-state index in [0.29, 0.717) is 19.5 Å². The highest BCUT2D eigenvalue weighted by Crippen LogP contribution is 2.13. The van der Waals surface area contributed by atoms with E-state index in [0.717, 1.165) is 18.4 Å². The molecule has 0 unspecified atom stereocenters. The molecule has 6 nitrogen and oxygen atoms in total. The van der Waals surface area contributed by atoms with Crippen molar-refractivity contribution in [1.29, 1.82) is 0 Å². The van der Waals surface area contributed by atoms with Crippen LogP contribution >= 0.6 is 0 Å². The number of methoxy groups -OCH3 is 1. The largest absolute Gasteiger partial charge is 0.469 e. The molecule has 0 radical (unpaired) electrons. The molecule has 0 bridgehead atoms. The predicted molar refractivity (Wildman–Crippen MR) is 93.9 cm³/mol. The van der Waals surface area contributed by atoms with Gasteiger partial charge in [0, 0.05) is 25.6 Å². The molecule has 1 aliphatic heterocycles. The first kappa shape index (κ1) is 19.0. The number of esters is 1. The van der Waals surface area contributed by atoms with Crippen LogP contribution in [0.1, 0.15) is 36.8 Å². The van der Waals surface area contributed by atoms with Crippen molar-refractivity contribution in [2.75, 3.05) is 20.2 Å². The fraction of sp³-hybridized carbons (Fsp3) is 0.526. The van der Waals surface area contributed by atoms with Crippen LogP contribution in [0.4, 0.5) is 0 Å². The Labute approximate surface area is 148 Å². The van der Waals surface area contributed by atoms with Gasteiger partial charge in [-0.15, -0.1) is 0 Å². The summed E-state index contributed by atoms with van der Waals surface area (Å²) in [4.78, 5) is 37.1. The van der Waals surface area contributed by atoms with Gasteiger partial charge in [0.05, 0.1) is 20.0 Å². The number of benzene rings is 1. The van der Waals surface area contributed by atoms with Crippen LogP contribution in [0.3, 0.4) is 0 Å². The van der Waals surface area contributed by atoms with Gasteiger partial charge < -0.3 is 15.0 Å². The Morgan fingerprint density at radius 2 is 1.76 bits per heavy atom. The molecule has 0 spiro atoms. The lowest BCUT2D eigenvalue weighted by Crippen LogP contribution is -2.47. The number of hydrogen-bond donors (Lipinski definition) is 1. The third-order valence-electron chi connectivity index (χ3n) is 4.47. The molecule has 1 fully saturated rings. The molecular formula is C19H26N2O4. The highest BCUT2D eigenvalue weighted by atomic mass is 16.5. The topological polar surface area (TPSA) is 75.7 Å². The van der Waals surface area contributed by atoms with Gasteiger partial charge in [0.1, 0.15) is 0 Å². The summed E-state index contributed by atoms with van der Waals surface area (Å²) in [5, 5.41) is 2.93. The molecule has 0 aliphatic carbocycles. The van der Waals surface area contributed by atoms with Crippen LogP contribution in [0.15, 0.2) is 24.3 Å². The number of nitrogens with zero attached hydrogens (tertiary/aromatic N) is 1. The number of carbonyl (C=O) groups is 3. The molecule has 25 heavy (non-hydrogen) atoms. The number of carbonyl (C=O) groups excluding carboxylic acids is 3. The molecule has 2 rings (SSSR count). The van der Waals surface area contributed by atoms with Gasteiger partial charge in [-0.1, -0.05) is 29.8 Å². The van der Waals surface area contributed by atoms with E-state index in [-0.39, 0.29) is 36.7 Å². The van der Waals surface area contributed by atoms with Gasteiger partial charge in [0.2, 0.25) is 11.8 Å². The van der Waals surface area contributed by atoms with Crippen molar-refractivity contribution in [1.82, 2.24) is 10.2 Å². The fourth-order valence-electron chi connectivity index (χ4n) is 2.88.